The minimum atomic E-state index is 0.571. The highest BCUT2D eigenvalue weighted by atomic mass is 16.5. The zero-order valence-electron chi connectivity index (χ0n) is 12.2. The van der Waals surface area contributed by atoms with Gasteiger partial charge in [0, 0.05) is 6.04 Å². The van der Waals surface area contributed by atoms with E-state index in [1.165, 1.54) is 12.0 Å². The molecule has 1 rings (SSSR count). The monoisotopic (exact) mass is 249 g/mol. The molecule has 0 bridgehead atoms. The molecule has 1 unspecified atom stereocenters. The van der Waals surface area contributed by atoms with Crippen molar-refractivity contribution in [3.05, 3.63) is 29.8 Å². The average Bonchev–Trinajstić information content (AvgIpc) is 2.36. The highest BCUT2D eigenvalue weighted by molar-refractivity contribution is 5.29. The Bertz CT molecular complexity index is 318. The Hall–Kier alpha value is -1.02. The summed E-state index contributed by atoms with van der Waals surface area (Å²) in [6.07, 6.45) is 2.23. The smallest absolute Gasteiger partial charge is 0.119 e. The first-order valence-electron chi connectivity index (χ1n) is 7.09. The van der Waals surface area contributed by atoms with E-state index in [2.05, 4.69) is 57.3 Å². The first-order valence-corrected chi connectivity index (χ1v) is 7.09. The topological polar surface area (TPSA) is 21.3 Å². The average molecular weight is 249 g/mol. The van der Waals surface area contributed by atoms with Crippen molar-refractivity contribution in [2.24, 2.45) is 0 Å². The molecule has 0 aliphatic carbocycles. The second-order valence-corrected chi connectivity index (χ2v) is 5.22. The van der Waals surface area contributed by atoms with Crippen molar-refractivity contribution in [1.82, 2.24) is 5.32 Å². The molecule has 0 amide bonds. The van der Waals surface area contributed by atoms with Gasteiger partial charge in [-0.3, -0.25) is 0 Å². The van der Waals surface area contributed by atoms with Crippen LogP contribution in [0.1, 0.15) is 52.0 Å². The zero-order valence-corrected chi connectivity index (χ0v) is 12.2. The van der Waals surface area contributed by atoms with E-state index in [-0.39, 0.29) is 0 Å². The van der Waals surface area contributed by atoms with E-state index in [0.29, 0.717) is 12.0 Å². The summed E-state index contributed by atoms with van der Waals surface area (Å²) in [7, 11) is 0. The number of hydrogen-bond acceptors (Lipinski definition) is 2. The van der Waals surface area contributed by atoms with Gasteiger partial charge in [-0.2, -0.15) is 0 Å². The normalized spacial score (nSPS) is 12.7. The first-order chi connectivity index (χ1) is 8.63. The fraction of sp³-hybridized carbons (Fsp3) is 0.625. The highest BCUT2D eigenvalue weighted by Crippen LogP contribution is 2.21. The molecule has 0 spiro atoms. The van der Waals surface area contributed by atoms with E-state index < -0.39 is 0 Å². The summed E-state index contributed by atoms with van der Waals surface area (Å²) in [5, 5.41) is 3.46. The van der Waals surface area contributed by atoms with Gasteiger partial charge in [-0.1, -0.05) is 39.8 Å². The van der Waals surface area contributed by atoms with Crippen molar-refractivity contribution < 1.29 is 4.74 Å². The maximum absolute atomic E-state index is 5.59. The third kappa shape index (κ3) is 5.54. The maximum Gasteiger partial charge on any atom is 0.119 e. The number of rotatable bonds is 8. The molecule has 0 radical (unpaired) electrons. The Morgan fingerprint density at radius 1 is 1.11 bits per heavy atom. The fourth-order valence-corrected chi connectivity index (χ4v) is 1.87. The molecule has 0 fully saturated rings. The number of nitrogens with one attached hydrogen (secondary N) is 1. The van der Waals surface area contributed by atoms with Crippen LogP contribution in [-0.2, 0) is 0 Å². The molecule has 0 aliphatic rings. The molecule has 2 heteroatoms. The molecule has 1 aromatic rings. The van der Waals surface area contributed by atoms with Gasteiger partial charge in [0.05, 0.1) is 6.61 Å². The summed E-state index contributed by atoms with van der Waals surface area (Å²) in [5.41, 5.74) is 1.39. The minimum Gasteiger partial charge on any atom is -0.494 e. The van der Waals surface area contributed by atoms with Crippen LogP contribution >= 0.6 is 0 Å². The number of hydrogen-bond donors (Lipinski definition) is 1. The van der Waals surface area contributed by atoms with Gasteiger partial charge in [-0.15, -0.1) is 0 Å². The van der Waals surface area contributed by atoms with Gasteiger partial charge in [0.15, 0.2) is 0 Å². The molecule has 0 heterocycles. The van der Waals surface area contributed by atoms with Crippen LogP contribution in [0.2, 0.25) is 0 Å². The van der Waals surface area contributed by atoms with Crippen molar-refractivity contribution in [1.29, 1.82) is 0 Å². The molecule has 18 heavy (non-hydrogen) atoms. The van der Waals surface area contributed by atoms with E-state index in [1.54, 1.807) is 0 Å². The fourth-order valence-electron chi connectivity index (χ4n) is 1.87. The van der Waals surface area contributed by atoms with Crippen LogP contribution in [-0.4, -0.2) is 19.2 Å². The van der Waals surface area contributed by atoms with E-state index in [4.69, 9.17) is 4.74 Å². The molecule has 0 aromatic heterocycles. The highest BCUT2D eigenvalue weighted by Gasteiger charge is 2.05. The van der Waals surface area contributed by atoms with Gasteiger partial charge in [-0.25, -0.2) is 0 Å². The van der Waals surface area contributed by atoms with Gasteiger partial charge in [-0.05, 0) is 43.0 Å². The predicted octanol–water partition coefficient (Wildman–Crippen LogP) is 3.97. The molecule has 0 saturated heterocycles. The minimum absolute atomic E-state index is 0.571. The second-order valence-electron chi connectivity index (χ2n) is 5.22. The van der Waals surface area contributed by atoms with Crippen LogP contribution in [0.25, 0.3) is 0 Å². The van der Waals surface area contributed by atoms with Crippen LogP contribution in [0.15, 0.2) is 24.3 Å². The molecule has 102 valence electrons. The summed E-state index contributed by atoms with van der Waals surface area (Å²) in [6, 6.07) is 9.10. The zero-order chi connectivity index (χ0) is 13.4. The lowest BCUT2D eigenvalue weighted by molar-refractivity contribution is 0.317. The SMILES string of the molecule is CCCOc1ccc(C(C)CCNC(C)C)cc1. The van der Waals surface area contributed by atoms with Gasteiger partial charge in [0.25, 0.3) is 0 Å². The molecule has 1 aromatic carbocycles. The van der Waals surface area contributed by atoms with Crippen molar-refractivity contribution in [2.75, 3.05) is 13.2 Å². The van der Waals surface area contributed by atoms with Crippen LogP contribution in [0.3, 0.4) is 0 Å². The summed E-state index contributed by atoms with van der Waals surface area (Å²) < 4.78 is 5.59. The van der Waals surface area contributed by atoms with Crippen LogP contribution in [0.4, 0.5) is 0 Å². The Kier molecular flexibility index (Phi) is 6.81. The third-order valence-corrected chi connectivity index (χ3v) is 3.05. The number of ether oxygens (including phenoxy) is 1. The Morgan fingerprint density at radius 3 is 2.33 bits per heavy atom. The van der Waals surface area contributed by atoms with Gasteiger partial charge >= 0.3 is 0 Å². The van der Waals surface area contributed by atoms with E-state index in [9.17, 15) is 0 Å². The van der Waals surface area contributed by atoms with Crippen LogP contribution in [0, 0.1) is 0 Å². The maximum atomic E-state index is 5.59. The third-order valence-electron chi connectivity index (χ3n) is 3.05. The standard InChI is InChI=1S/C16H27NO/c1-5-12-18-16-8-6-15(7-9-16)14(4)10-11-17-13(2)3/h6-9,13-14,17H,5,10-12H2,1-4H3. The molecule has 0 aliphatic heterocycles. The summed E-state index contributed by atoms with van der Waals surface area (Å²) in [5.74, 6) is 1.57. The van der Waals surface area contributed by atoms with Crippen molar-refractivity contribution in [3.8, 4) is 5.75 Å². The summed E-state index contributed by atoms with van der Waals surface area (Å²) in [6.45, 7) is 10.7. The molecule has 0 saturated carbocycles. The van der Waals surface area contributed by atoms with Gasteiger partial charge < -0.3 is 10.1 Å². The number of benzene rings is 1. The van der Waals surface area contributed by atoms with Gasteiger partial charge in [0.1, 0.15) is 5.75 Å². The first kappa shape index (κ1) is 15.0. The van der Waals surface area contributed by atoms with Crippen molar-refractivity contribution >= 4 is 0 Å². The lowest BCUT2D eigenvalue weighted by atomic mass is 9.98. The van der Waals surface area contributed by atoms with Crippen LogP contribution < -0.4 is 10.1 Å². The van der Waals surface area contributed by atoms with Gasteiger partial charge in [0.2, 0.25) is 0 Å². The lowest BCUT2D eigenvalue weighted by Crippen LogP contribution is -2.24. The van der Waals surface area contributed by atoms with Crippen molar-refractivity contribution in [3.63, 3.8) is 0 Å². The molecule has 2 nitrogen and oxygen atoms in total. The van der Waals surface area contributed by atoms with E-state index >= 15 is 0 Å². The Balaban J connectivity index is 2.40. The summed E-state index contributed by atoms with van der Waals surface area (Å²) in [4.78, 5) is 0. The quantitative estimate of drug-likeness (QED) is 0.753. The Labute approximate surface area is 112 Å². The Morgan fingerprint density at radius 2 is 1.78 bits per heavy atom. The molecular weight excluding hydrogens is 222 g/mol. The van der Waals surface area contributed by atoms with Crippen molar-refractivity contribution in [2.45, 2.75) is 52.5 Å². The molecule has 1 atom stereocenters. The largest absolute Gasteiger partial charge is 0.494 e. The molecule has 1 N–H and O–H groups in total. The van der Waals surface area contributed by atoms with E-state index in [0.717, 1.165) is 25.3 Å². The van der Waals surface area contributed by atoms with Crippen LogP contribution in [0.5, 0.6) is 5.75 Å². The summed E-state index contributed by atoms with van der Waals surface area (Å²) >= 11 is 0. The second kappa shape index (κ2) is 8.15. The van der Waals surface area contributed by atoms with E-state index in [1.807, 2.05) is 0 Å². The predicted molar refractivity (Wildman–Crippen MR) is 78.4 cm³/mol. The molecular formula is C16H27NO. The lowest BCUT2D eigenvalue weighted by Gasteiger charge is -2.14.